The molecule has 1 N–H and O–H groups in total. The Balaban J connectivity index is 1.29. The van der Waals surface area contributed by atoms with Crippen LogP contribution in [0, 0.1) is 17.4 Å². The van der Waals surface area contributed by atoms with Gasteiger partial charge in [0.1, 0.15) is 30.5 Å². The molecule has 184 valence electrons. The molecule has 2 heterocycles. The molecule has 2 aromatic heterocycles. The lowest BCUT2D eigenvalue weighted by atomic mass is 10.2. The highest BCUT2D eigenvalue weighted by Crippen LogP contribution is 2.22. The summed E-state index contributed by atoms with van der Waals surface area (Å²) in [4.78, 5) is 12.4. The Morgan fingerprint density at radius 1 is 1.06 bits per heavy atom. The monoisotopic (exact) mass is 595 g/mol. The van der Waals surface area contributed by atoms with E-state index < -0.39 is 5.91 Å². The van der Waals surface area contributed by atoms with Crippen molar-refractivity contribution in [2.45, 2.75) is 20.5 Å². The highest BCUT2D eigenvalue weighted by atomic mass is 127. The molecule has 0 unspecified atom stereocenters. The number of benzene rings is 2. The predicted octanol–water partition coefficient (Wildman–Crippen LogP) is 6.20. The molecule has 0 radical (unpaired) electrons. The lowest BCUT2D eigenvalue weighted by molar-refractivity contribution is 0.0923. The van der Waals surface area contributed by atoms with Gasteiger partial charge in [0.05, 0.1) is 9.78 Å². The van der Waals surface area contributed by atoms with E-state index in [1.807, 2.05) is 42.5 Å². The van der Waals surface area contributed by atoms with Crippen LogP contribution in [0.4, 0.5) is 0 Å². The van der Waals surface area contributed by atoms with Crippen molar-refractivity contribution in [2.24, 2.45) is 5.10 Å². The fourth-order valence-corrected chi connectivity index (χ4v) is 4.28. The molecular weight excluding hydrogens is 569 g/mol. The molecule has 2 aromatic carbocycles. The number of halogens is 1. The molecular formula is C28H26IN3O4. The molecule has 1 amide bonds. The van der Waals surface area contributed by atoms with E-state index in [1.54, 1.807) is 24.4 Å². The van der Waals surface area contributed by atoms with Crippen LogP contribution >= 0.6 is 22.6 Å². The quantitative estimate of drug-likeness (QED) is 0.103. The van der Waals surface area contributed by atoms with E-state index >= 15 is 0 Å². The van der Waals surface area contributed by atoms with Crippen LogP contribution in [0.25, 0.3) is 5.69 Å². The van der Waals surface area contributed by atoms with E-state index in [1.165, 1.54) is 11.4 Å². The lowest BCUT2D eigenvalue weighted by Crippen LogP contribution is -2.16. The number of rotatable bonds is 10. The number of ether oxygens (including phenoxy) is 2. The minimum atomic E-state index is -0.444. The molecule has 4 aromatic rings. The number of amides is 1. The Hall–Kier alpha value is -3.79. The summed E-state index contributed by atoms with van der Waals surface area (Å²) in [7, 11) is 0. The third-order valence-electron chi connectivity index (χ3n) is 5.32. The Labute approximate surface area is 223 Å². The van der Waals surface area contributed by atoms with Gasteiger partial charge in [-0.05, 0) is 109 Å². The summed E-state index contributed by atoms with van der Waals surface area (Å²) in [5.74, 6) is 1.73. The Bertz CT molecular complexity index is 1370. The Morgan fingerprint density at radius 2 is 1.81 bits per heavy atom. The third-order valence-corrected chi connectivity index (χ3v) is 6.17. The van der Waals surface area contributed by atoms with E-state index in [0.717, 1.165) is 20.6 Å². The van der Waals surface area contributed by atoms with Crippen LogP contribution in [0.5, 0.6) is 11.5 Å². The van der Waals surface area contributed by atoms with Gasteiger partial charge >= 0.3 is 5.91 Å². The summed E-state index contributed by atoms with van der Waals surface area (Å²) in [6, 6.07) is 21.0. The molecule has 0 aliphatic carbocycles. The second-order valence-electron chi connectivity index (χ2n) is 7.99. The fourth-order valence-electron chi connectivity index (χ4n) is 3.58. The van der Waals surface area contributed by atoms with Crippen LogP contribution in [0.15, 0.2) is 88.9 Å². The normalized spacial score (nSPS) is 11.0. The number of carbonyl (C=O) groups is 1. The standard InChI is InChI=1S/C28H26IN3O4/c1-4-15-34-26-13-7-21(16-25(26)29)17-30-31-28(33)27-14-12-24(36-27)18-35-23-10-8-22(9-11-23)32-19(2)5-6-20(32)3/h4-14,16-17H,1,15,18H2,2-3H3,(H,31,33)/b30-17+. The maximum Gasteiger partial charge on any atom is 0.307 e. The number of nitrogens with one attached hydrogen (secondary N) is 1. The molecule has 0 spiro atoms. The molecule has 0 aliphatic heterocycles. The van der Waals surface area contributed by atoms with E-state index in [2.05, 4.69) is 70.2 Å². The minimum absolute atomic E-state index is 0.155. The van der Waals surface area contributed by atoms with Crippen molar-refractivity contribution in [3.05, 3.63) is 111 Å². The smallest absolute Gasteiger partial charge is 0.307 e. The van der Waals surface area contributed by atoms with Crippen molar-refractivity contribution in [2.75, 3.05) is 6.61 Å². The van der Waals surface area contributed by atoms with Crippen LogP contribution in [0.2, 0.25) is 0 Å². The van der Waals surface area contributed by atoms with Gasteiger partial charge < -0.3 is 18.5 Å². The molecule has 7 nitrogen and oxygen atoms in total. The van der Waals surface area contributed by atoms with Crippen molar-refractivity contribution in [3.8, 4) is 17.2 Å². The molecule has 8 heteroatoms. The van der Waals surface area contributed by atoms with Gasteiger partial charge in [-0.1, -0.05) is 12.7 Å². The number of hydrogen-bond acceptors (Lipinski definition) is 5. The van der Waals surface area contributed by atoms with Gasteiger partial charge in [0.25, 0.3) is 0 Å². The summed E-state index contributed by atoms with van der Waals surface area (Å²) in [6.45, 7) is 8.44. The van der Waals surface area contributed by atoms with Gasteiger partial charge in [-0.25, -0.2) is 5.43 Å². The van der Waals surface area contributed by atoms with Gasteiger partial charge in [0.2, 0.25) is 0 Å². The predicted molar refractivity (Wildman–Crippen MR) is 148 cm³/mol. The Morgan fingerprint density at radius 3 is 2.50 bits per heavy atom. The van der Waals surface area contributed by atoms with Crippen LogP contribution in [-0.2, 0) is 6.61 Å². The molecule has 0 saturated carbocycles. The summed E-state index contributed by atoms with van der Waals surface area (Å²) < 4.78 is 20.1. The zero-order valence-electron chi connectivity index (χ0n) is 20.0. The van der Waals surface area contributed by atoms with Crippen molar-refractivity contribution in [1.82, 2.24) is 9.99 Å². The number of nitrogens with zero attached hydrogens (tertiary/aromatic N) is 2. The van der Waals surface area contributed by atoms with Crippen molar-refractivity contribution in [3.63, 3.8) is 0 Å². The average Bonchev–Trinajstić information content (AvgIpc) is 3.49. The van der Waals surface area contributed by atoms with Gasteiger partial charge in [-0.2, -0.15) is 5.10 Å². The van der Waals surface area contributed by atoms with Gasteiger partial charge in [0.15, 0.2) is 5.76 Å². The summed E-state index contributed by atoms with van der Waals surface area (Å²) in [6.07, 6.45) is 3.25. The average molecular weight is 595 g/mol. The largest absolute Gasteiger partial charge is 0.488 e. The highest BCUT2D eigenvalue weighted by Gasteiger charge is 2.11. The molecule has 0 saturated heterocycles. The summed E-state index contributed by atoms with van der Waals surface area (Å²) in [5.41, 5.74) is 6.73. The van der Waals surface area contributed by atoms with Gasteiger partial charge in [-0.15, -0.1) is 0 Å². The number of aryl methyl sites for hydroxylation is 2. The highest BCUT2D eigenvalue weighted by molar-refractivity contribution is 14.1. The number of carbonyl (C=O) groups excluding carboxylic acids is 1. The van der Waals surface area contributed by atoms with Crippen molar-refractivity contribution < 1.29 is 18.7 Å². The molecule has 4 rings (SSSR count). The first kappa shape index (κ1) is 25.3. The fraction of sp³-hybridized carbons (Fsp3) is 0.143. The van der Waals surface area contributed by atoms with Gasteiger partial charge in [-0.3, -0.25) is 4.79 Å². The van der Waals surface area contributed by atoms with Crippen LogP contribution < -0.4 is 14.9 Å². The minimum Gasteiger partial charge on any atom is -0.488 e. The summed E-state index contributed by atoms with van der Waals surface area (Å²) >= 11 is 2.18. The molecule has 36 heavy (non-hydrogen) atoms. The number of hydrazone groups is 1. The van der Waals surface area contributed by atoms with Crippen LogP contribution in [0.3, 0.4) is 0 Å². The first-order chi connectivity index (χ1) is 17.4. The second-order valence-corrected chi connectivity index (χ2v) is 9.15. The van der Waals surface area contributed by atoms with E-state index in [9.17, 15) is 4.79 Å². The second kappa shape index (κ2) is 11.8. The number of furan rings is 1. The third kappa shape index (κ3) is 6.25. The summed E-state index contributed by atoms with van der Waals surface area (Å²) in [5, 5.41) is 4.02. The zero-order valence-corrected chi connectivity index (χ0v) is 22.2. The van der Waals surface area contributed by atoms with Gasteiger partial charge in [0, 0.05) is 17.1 Å². The van der Waals surface area contributed by atoms with E-state index in [4.69, 9.17) is 13.9 Å². The maximum atomic E-state index is 12.4. The van der Waals surface area contributed by atoms with E-state index in [-0.39, 0.29) is 12.4 Å². The van der Waals surface area contributed by atoms with Crippen molar-refractivity contribution >= 4 is 34.7 Å². The molecule has 0 atom stereocenters. The zero-order chi connectivity index (χ0) is 25.5. The molecule has 0 fully saturated rings. The van der Waals surface area contributed by atoms with Crippen LogP contribution in [-0.4, -0.2) is 23.3 Å². The maximum absolute atomic E-state index is 12.4. The van der Waals surface area contributed by atoms with Crippen LogP contribution in [0.1, 0.15) is 33.3 Å². The van der Waals surface area contributed by atoms with E-state index in [0.29, 0.717) is 18.1 Å². The topological polar surface area (TPSA) is 78.0 Å². The molecule has 0 aliphatic rings. The number of hydrogen-bond donors (Lipinski definition) is 1. The SMILES string of the molecule is C=CCOc1ccc(/C=N/NC(=O)c2ccc(COc3ccc(-n4c(C)ccc4C)cc3)o2)cc1I. The molecule has 0 bridgehead atoms. The first-order valence-corrected chi connectivity index (χ1v) is 12.4. The van der Waals surface area contributed by atoms with Crippen molar-refractivity contribution in [1.29, 1.82) is 0 Å². The first-order valence-electron chi connectivity index (χ1n) is 11.3. The Kier molecular flexibility index (Phi) is 8.27. The number of aromatic nitrogens is 1. The lowest BCUT2D eigenvalue weighted by Gasteiger charge is -2.10.